The molecule has 0 aliphatic heterocycles. The van der Waals surface area contributed by atoms with E-state index in [9.17, 15) is 14.7 Å². The fraction of sp³-hybridized carbons (Fsp3) is 0.286. The summed E-state index contributed by atoms with van der Waals surface area (Å²) in [5.41, 5.74) is 0.137. The summed E-state index contributed by atoms with van der Waals surface area (Å²) in [6.45, 7) is 6.28. The third-order valence-corrected chi connectivity index (χ3v) is 2.72. The molecule has 1 aromatic rings. The minimum absolute atomic E-state index is 0.0624. The third-order valence-electron chi connectivity index (χ3n) is 2.39. The van der Waals surface area contributed by atoms with Gasteiger partial charge in [-0.1, -0.05) is 37.2 Å². The van der Waals surface area contributed by atoms with E-state index in [0.717, 1.165) is 0 Å². The standard InChI is InChI=1S/C14H15ClO5/c1-4-14(18,19-12(16)9(2)3)20-13(17)10-7-5-6-8-11(10)15/h5-8,18H,2,4H2,1,3H3. The second kappa shape index (κ2) is 6.54. The van der Waals surface area contributed by atoms with Gasteiger partial charge in [-0.15, -0.1) is 0 Å². The Morgan fingerprint density at radius 2 is 1.95 bits per heavy atom. The van der Waals surface area contributed by atoms with Crippen molar-refractivity contribution < 1.29 is 24.2 Å². The van der Waals surface area contributed by atoms with Gasteiger partial charge in [-0.25, -0.2) is 9.59 Å². The first-order valence-corrected chi connectivity index (χ1v) is 6.26. The van der Waals surface area contributed by atoms with Crippen LogP contribution in [0.1, 0.15) is 30.6 Å². The number of carbonyl (C=O) groups is 2. The van der Waals surface area contributed by atoms with Gasteiger partial charge in [-0.2, -0.15) is 0 Å². The van der Waals surface area contributed by atoms with Gasteiger partial charge in [0.15, 0.2) is 0 Å². The number of rotatable bonds is 5. The summed E-state index contributed by atoms with van der Waals surface area (Å²) in [5, 5.41) is 10.2. The van der Waals surface area contributed by atoms with Crippen molar-refractivity contribution in [3.05, 3.63) is 47.0 Å². The molecule has 1 unspecified atom stereocenters. The second-order valence-electron chi connectivity index (χ2n) is 4.11. The Morgan fingerprint density at radius 3 is 2.45 bits per heavy atom. The molecule has 0 saturated carbocycles. The van der Waals surface area contributed by atoms with Crippen LogP contribution < -0.4 is 0 Å². The first-order valence-electron chi connectivity index (χ1n) is 5.88. The number of benzene rings is 1. The maximum absolute atomic E-state index is 11.9. The number of halogens is 1. The van der Waals surface area contributed by atoms with Crippen LogP contribution in [0.25, 0.3) is 0 Å². The van der Waals surface area contributed by atoms with Gasteiger partial charge in [0.2, 0.25) is 0 Å². The van der Waals surface area contributed by atoms with Crippen LogP contribution in [0.3, 0.4) is 0 Å². The maximum Gasteiger partial charge on any atom is 0.373 e. The molecule has 0 aromatic heterocycles. The van der Waals surface area contributed by atoms with Gasteiger partial charge in [0.05, 0.1) is 17.0 Å². The van der Waals surface area contributed by atoms with Crippen molar-refractivity contribution in [3.63, 3.8) is 0 Å². The first kappa shape index (κ1) is 16.2. The number of aliphatic hydroxyl groups is 1. The SMILES string of the molecule is C=C(C)C(=O)OC(O)(CC)OC(=O)c1ccccc1Cl. The molecular formula is C14H15ClO5. The Labute approximate surface area is 121 Å². The lowest BCUT2D eigenvalue weighted by atomic mass is 10.2. The van der Waals surface area contributed by atoms with E-state index in [4.69, 9.17) is 21.1 Å². The van der Waals surface area contributed by atoms with E-state index in [2.05, 4.69) is 6.58 Å². The zero-order valence-corrected chi connectivity index (χ0v) is 11.9. The molecule has 0 fully saturated rings. The van der Waals surface area contributed by atoms with Gasteiger partial charge >= 0.3 is 17.9 Å². The molecule has 0 amide bonds. The maximum atomic E-state index is 11.9. The number of ether oxygens (including phenoxy) is 2. The zero-order valence-electron chi connectivity index (χ0n) is 11.2. The Hall–Kier alpha value is -1.85. The first-order chi connectivity index (χ1) is 9.29. The molecule has 0 aliphatic rings. The van der Waals surface area contributed by atoms with Gasteiger partial charge in [0, 0.05) is 5.57 Å². The molecule has 1 N–H and O–H groups in total. The monoisotopic (exact) mass is 298 g/mol. The molecule has 0 radical (unpaired) electrons. The number of hydrogen-bond acceptors (Lipinski definition) is 5. The lowest BCUT2D eigenvalue weighted by Gasteiger charge is -2.25. The van der Waals surface area contributed by atoms with E-state index in [1.165, 1.54) is 26.0 Å². The summed E-state index contributed by atoms with van der Waals surface area (Å²) >= 11 is 5.84. The Bertz CT molecular complexity index is 540. The number of carbonyl (C=O) groups excluding carboxylic acids is 2. The highest BCUT2D eigenvalue weighted by atomic mass is 35.5. The van der Waals surface area contributed by atoms with E-state index in [-0.39, 0.29) is 22.6 Å². The molecule has 5 nitrogen and oxygen atoms in total. The van der Waals surface area contributed by atoms with Crippen molar-refractivity contribution in [2.75, 3.05) is 0 Å². The predicted molar refractivity (Wildman–Crippen MR) is 73.0 cm³/mol. The summed E-state index contributed by atoms with van der Waals surface area (Å²) in [6, 6.07) is 6.17. The molecular weight excluding hydrogens is 284 g/mol. The molecule has 0 heterocycles. The van der Waals surface area contributed by atoms with Crippen molar-refractivity contribution in [2.45, 2.75) is 26.2 Å². The van der Waals surface area contributed by atoms with E-state index in [1.54, 1.807) is 12.1 Å². The molecule has 1 rings (SSSR count). The summed E-state index contributed by atoms with van der Waals surface area (Å²) in [5.74, 6) is -4.11. The lowest BCUT2D eigenvalue weighted by molar-refractivity contribution is -0.314. The van der Waals surface area contributed by atoms with Crippen molar-refractivity contribution >= 4 is 23.5 Å². The molecule has 0 spiro atoms. The second-order valence-corrected chi connectivity index (χ2v) is 4.51. The average Bonchev–Trinajstić information content (AvgIpc) is 2.38. The molecule has 0 aliphatic carbocycles. The summed E-state index contributed by atoms with van der Waals surface area (Å²) in [6.07, 6.45) is -0.137. The topological polar surface area (TPSA) is 72.8 Å². The predicted octanol–water partition coefficient (Wildman–Crippen LogP) is 2.67. The largest absolute Gasteiger partial charge is 0.395 e. The summed E-state index contributed by atoms with van der Waals surface area (Å²) < 4.78 is 9.53. The Kier molecular flexibility index (Phi) is 5.30. The highest BCUT2D eigenvalue weighted by molar-refractivity contribution is 6.33. The van der Waals surface area contributed by atoms with Crippen LogP contribution in [0.4, 0.5) is 0 Å². The normalized spacial score (nSPS) is 13.2. The van der Waals surface area contributed by atoms with Gasteiger partial charge < -0.3 is 14.6 Å². The van der Waals surface area contributed by atoms with Gasteiger partial charge in [-0.05, 0) is 19.1 Å². The van der Waals surface area contributed by atoms with Gasteiger partial charge in [0.25, 0.3) is 0 Å². The van der Waals surface area contributed by atoms with E-state index >= 15 is 0 Å². The third kappa shape index (κ3) is 4.08. The fourth-order valence-electron chi connectivity index (χ4n) is 1.22. The highest BCUT2D eigenvalue weighted by Crippen LogP contribution is 2.22. The van der Waals surface area contributed by atoms with Crippen molar-refractivity contribution in [1.29, 1.82) is 0 Å². The van der Waals surface area contributed by atoms with Crippen LogP contribution in [0.5, 0.6) is 0 Å². The van der Waals surface area contributed by atoms with E-state index in [0.29, 0.717) is 0 Å². The van der Waals surface area contributed by atoms with Crippen LogP contribution in [0.15, 0.2) is 36.4 Å². The molecule has 0 saturated heterocycles. The van der Waals surface area contributed by atoms with Crippen molar-refractivity contribution in [1.82, 2.24) is 0 Å². The van der Waals surface area contributed by atoms with Crippen molar-refractivity contribution in [3.8, 4) is 0 Å². The van der Waals surface area contributed by atoms with Crippen LogP contribution in [0, 0.1) is 0 Å². The van der Waals surface area contributed by atoms with Gasteiger partial charge in [-0.3, -0.25) is 0 Å². The minimum atomic E-state index is -2.35. The van der Waals surface area contributed by atoms with Crippen LogP contribution in [-0.4, -0.2) is 23.0 Å². The Balaban J connectivity index is 2.88. The molecule has 6 heteroatoms. The smallest absolute Gasteiger partial charge is 0.373 e. The minimum Gasteiger partial charge on any atom is -0.395 e. The molecule has 20 heavy (non-hydrogen) atoms. The van der Waals surface area contributed by atoms with E-state index < -0.39 is 17.9 Å². The van der Waals surface area contributed by atoms with Crippen molar-refractivity contribution in [2.24, 2.45) is 0 Å². The fourth-order valence-corrected chi connectivity index (χ4v) is 1.44. The van der Waals surface area contributed by atoms with Crippen LogP contribution in [0.2, 0.25) is 5.02 Å². The number of esters is 2. The molecule has 1 aromatic carbocycles. The van der Waals surface area contributed by atoms with Gasteiger partial charge in [0.1, 0.15) is 0 Å². The Morgan fingerprint density at radius 1 is 1.35 bits per heavy atom. The lowest BCUT2D eigenvalue weighted by Crippen LogP contribution is -2.39. The average molecular weight is 299 g/mol. The molecule has 1 atom stereocenters. The quantitative estimate of drug-likeness (QED) is 0.514. The molecule has 0 bridgehead atoms. The summed E-state index contributed by atoms with van der Waals surface area (Å²) in [4.78, 5) is 23.3. The highest BCUT2D eigenvalue weighted by Gasteiger charge is 2.35. The van der Waals surface area contributed by atoms with E-state index in [1.807, 2.05) is 0 Å². The number of hydrogen-bond donors (Lipinski definition) is 1. The summed E-state index contributed by atoms with van der Waals surface area (Å²) in [7, 11) is 0. The van der Waals surface area contributed by atoms with Crippen LogP contribution >= 0.6 is 11.6 Å². The van der Waals surface area contributed by atoms with Crippen LogP contribution in [-0.2, 0) is 14.3 Å². The molecule has 108 valence electrons. The zero-order chi connectivity index (χ0) is 15.3.